The van der Waals surface area contributed by atoms with Gasteiger partial charge in [-0.05, 0) is 39.7 Å². The van der Waals surface area contributed by atoms with Gasteiger partial charge >= 0.3 is 0 Å². The number of benzene rings is 1. The van der Waals surface area contributed by atoms with Crippen LogP contribution in [-0.4, -0.2) is 16.0 Å². The van der Waals surface area contributed by atoms with E-state index in [0.717, 1.165) is 21.3 Å². The second-order valence-electron chi connectivity index (χ2n) is 4.56. The van der Waals surface area contributed by atoms with Crippen molar-refractivity contribution in [2.24, 2.45) is 0 Å². The number of anilines is 2. The van der Waals surface area contributed by atoms with Crippen molar-refractivity contribution < 1.29 is 9.90 Å². The Balaban J connectivity index is 1.90. The fraction of sp³-hybridized carbons (Fsp3) is 0.0667. The number of nitrogens with zero attached hydrogens (tertiary/aromatic N) is 1. The van der Waals surface area contributed by atoms with Crippen molar-refractivity contribution in [1.29, 1.82) is 0 Å². The molecule has 3 N–H and O–H groups in total. The number of carbonyl (C=O) groups is 1. The SMILES string of the molecule is O=C1Nc2ncc(Br)cc2C1=CNc1cccc(CO)c1. The zero-order valence-electron chi connectivity index (χ0n) is 10.9. The smallest absolute Gasteiger partial charge is 0.259 e. The minimum Gasteiger partial charge on any atom is -0.392 e. The minimum atomic E-state index is -0.193. The van der Waals surface area contributed by atoms with Crippen LogP contribution in [0.15, 0.2) is 47.2 Å². The maximum atomic E-state index is 12.0. The van der Waals surface area contributed by atoms with Crippen LogP contribution in [-0.2, 0) is 11.4 Å². The van der Waals surface area contributed by atoms with E-state index < -0.39 is 0 Å². The lowest BCUT2D eigenvalue weighted by Crippen LogP contribution is -2.05. The highest BCUT2D eigenvalue weighted by Crippen LogP contribution is 2.31. The predicted octanol–water partition coefficient (Wildman–Crippen LogP) is 2.74. The molecule has 1 aliphatic heterocycles. The standard InChI is InChI=1S/C15H12BrN3O2/c16-10-5-12-13(15(21)19-14(12)18-6-10)7-17-11-3-1-2-9(4-11)8-20/h1-7,17,20H,8H2,(H,18,19,21). The molecule has 0 unspecified atom stereocenters. The van der Waals surface area contributed by atoms with Crippen LogP contribution in [0.25, 0.3) is 5.57 Å². The van der Waals surface area contributed by atoms with Gasteiger partial charge < -0.3 is 15.7 Å². The van der Waals surface area contributed by atoms with Gasteiger partial charge in [-0.3, -0.25) is 4.79 Å². The Labute approximate surface area is 129 Å². The summed E-state index contributed by atoms with van der Waals surface area (Å²) in [5.41, 5.74) is 2.88. The number of aromatic nitrogens is 1. The Morgan fingerprint density at radius 3 is 3.05 bits per heavy atom. The molecular formula is C15H12BrN3O2. The van der Waals surface area contributed by atoms with Gasteiger partial charge in [-0.2, -0.15) is 0 Å². The van der Waals surface area contributed by atoms with E-state index in [-0.39, 0.29) is 12.5 Å². The molecule has 1 aromatic heterocycles. The number of amides is 1. The maximum absolute atomic E-state index is 12.0. The van der Waals surface area contributed by atoms with Crippen molar-refractivity contribution in [2.45, 2.75) is 6.61 Å². The number of carbonyl (C=O) groups excluding carboxylic acids is 1. The van der Waals surface area contributed by atoms with E-state index in [4.69, 9.17) is 5.11 Å². The molecule has 0 saturated carbocycles. The predicted molar refractivity (Wildman–Crippen MR) is 84.5 cm³/mol. The van der Waals surface area contributed by atoms with Crippen molar-refractivity contribution in [2.75, 3.05) is 10.6 Å². The van der Waals surface area contributed by atoms with Crippen molar-refractivity contribution in [3.63, 3.8) is 0 Å². The van der Waals surface area contributed by atoms with E-state index >= 15 is 0 Å². The summed E-state index contributed by atoms with van der Waals surface area (Å²) >= 11 is 3.35. The van der Waals surface area contributed by atoms with Crippen LogP contribution in [0.2, 0.25) is 0 Å². The molecule has 5 nitrogen and oxygen atoms in total. The monoisotopic (exact) mass is 345 g/mol. The van der Waals surface area contributed by atoms with Crippen LogP contribution < -0.4 is 10.6 Å². The lowest BCUT2D eigenvalue weighted by molar-refractivity contribution is -0.110. The van der Waals surface area contributed by atoms with Crippen LogP contribution in [0.1, 0.15) is 11.1 Å². The van der Waals surface area contributed by atoms with Gasteiger partial charge in [0.15, 0.2) is 0 Å². The van der Waals surface area contributed by atoms with Crippen molar-refractivity contribution in [3.8, 4) is 0 Å². The van der Waals surface area contributed by atoms with Gasteiger partial charge in [-0.15, -0.1) is 0 Å². The third-order valence-corrected chi connectivity index (χ3v) is 3.55. The third kappa shape index (κ3) is 2.81. The van der Waals surface area contributed by atoms with E-state index in [0.29, 0.717) is 11.4 Å². The number of hydrogen-bond acceptors (Lipinski definition) is 4. The molecule has 1 amide bonds. The number of fused-ring (bicyclic) bond motifs is 1. The first-order valence-corrected chi connectivity index (χ1v) is 7.10. The van der Waals surface area contributed by atoms with Gasteiger partial charge in [0.25, 0.3) is 5.91 Å². The second-order valence-corrected chi connectivity index (χ2v) is 5.48. The third-order valence-electron chi connectivity index (χ3n) is 3.11. The maximum Gasteiger partial charge on any atom is 0.259 e. The Morgan fingerprint density at radius 2 is 2.24 bits per heavy atom. The molecule has 1 aromatic carbocycles. The molecule has 106 valence electrons. The Bertz CT molecular complexity index is 743. The first kappa shape index (κ1) is 13.8. The number of halogens is 1. The molecule has 1 aliphatic rings. The zero-order valence-corrected chi connectivity index (χ0v) is 12.5. The summed E-state index contributed by atoms with van der Waals surface area (Å²) < 4.78 is 0.811. The molecular weight excluding hydrogens is 334 g/mol. The molecule has 0 saturated heterocycles. The van der Waals surface area contributed by atoms with Crippen LogP contribution in [0.3, 0.4) is 0 Å². The fourth-order valence-corrected chi connectivity index (χ4v) is 2.43. The molecule has 0 aliphatic carbocycles. The van der Waals surface area contributed by atoms with Gasteiger partial charge in [0, 0.05) is 28.1 Å². The second kappa shape index (κ2) is 5.67. The number of pyridine rings is 1. The van der Waals surface area contributed by atoms with Gasteiger partial charge in [0.05, 0.1) is 12.2 Å². The summed E-state index contributed by atoms with van der Waals surface area (Å²) in [4.78, 5) is 16.1. The van der Waals surface area contributed by atoms with Gasteiger partial charge in [0.1, 0.15) is 5.82 Å². The van der Waals surface area contributed by atoms with Crippen molar-refractivity contribution in [3.05, 3.63) is 58.3 Å². The lowest BCUT2D eigenvalue weighted by atomic mass is 10.1. The zero-order chi connectivity index (χ0) is 14.8. The topological polar surface area (TPSA) is 74.2 Å². The molecule has 0 fully saturated rings. The van der Waals surface area contributed by atoms with E-state index in [1.165, 1.54) is 0 Å². The number of hydrogen-bond donors (Lipinski definition) is 3. The van der Waals surface area contributed by atoms with Crippen LogP contribution >= 0.6 is 15.9 Å². The highest BCUT2D eigenvalue weighted by molar-refractivity contribution is 9.10. The van der Waals surface area contributed by atoms with Crippen LogP contribution in [0, 0.1) is 0 Å². The molecule has 2 aromatic rings. The number of rotatable bonds is 3. The molecule has 0 atom stereocenters. The minimum absolute atomic E-state index is 0.0215. The van der Waals surface area contributed by atoms with Gasteiger partial charge in [-0.1, -0.05) is 12.1 Å². The lowest BCUT2D eigenvalue weighted by Gasteiger charge is -2.04. The first-order chi connectivity index (χ1) is 10.2. The molecule has 0 bridgehead atoms. The van der Waals surface area contributed by atoms with E-state index in [1.807, 2.05) is 30.3 Å². The number of aliphatic hydroxyl groups is 1. The quantitative estimate of drug-likeness (QED) is 0.747. The van der Waals surface area contributed by atoms with Crippen LogP contribution in [0.4, 0.5) is 11.5 Å². The normalized spacial score (nSPS) is 15.0. The molecule has 6 heteroatoms. The molecule has 2 heterocycles. The average molecular weight is 346 g/mol. The summed E-state index contributed by atoms with van der Waals surface area (Å²) in [6.07, 6.45) is 3.28. The highest BCUT2D eigenvalue weighted by Gasteiger charge is 2.25. The largest absolute Gasteiger partial charge is 0.392 e. The van der Waals surface area contributed by atoms with Crippen molar-refractivity contribution in [1.82, 2.24) is 4.98 Å². The first-order valence-electron chi connectivity index (χ1n) is 6.31. The van der Waals surface area contributed by atoms with E-state index in [2.05, 4.69) is 31.5 Å². The summed E-state index contributed by atoms with van der Waals surface area (Å²) in [5, 5.41) is 14.9. The molecule has 0 spiro atoms. The molecule has 0 radical (unpaired) electrons. The van der Waals surface area contributed by atoms with Gasteiger partial charge in [-0.25, -0.2) is 4.98 Å². The van der Waals surface area contributed by atoms with Gasteiger partial charge in [0.2, 0.25) is 0 Å². The summed E-state index contributed by atoms with van der Waals surface area (Å²) in [6.45, 7) is -0.0215. The molecule has 3 rings (SSSR count). The summed E-state index contributed by atoms with van der Waals surface area (Å²) in [5.74, 6) is 0.363. The van der Waals surface area contributed by atoms with E-state index in [1.54, 1.807) is 12.4 Å². The van der Waals surface area contributed by atoms with Crippen LogP contribution in [0.5, 0.6) is 0 Å². The average Bonchev–Trinajstić information content (AvgIpc) is 2.80. The fourth-order valence-electron chi connectivity index (χ4n) is 2.10. The Hall–Kier alpha value is -2.18. The number of aliphatic hydroxyl groups excluding tert-OH is 1. The molecule has 21 heavy (non-hydrogen) atoms. The Morgan fingerprint density at radius 1 is 1.38 bits per heavy atom. The summed E-state index contributed by atoms with van der Waals surface area (Å²) in [7, 11) is 0. The highest BCUT2D eigenvalue weighted by atomic mass is 79.9. The summed E-state index contributed by atoms with van der Waals surface area (Å²) in [6, 6.07) is 9.20. The van der Waals surface area contributed by atoms with E-state index in [9.17, 15) is 4.79 Å². The Kier molecular flexibility index (Phi) is 3.72. The number of nitrogens with one attached hydrogen (secondary N) is 2. The van der Waals surface area contributed by atoms with Crippen molar-refractivity contribution >= 4 is 38.9 Å².